The Kier molecular flexibility index (Phi) is 9.53. The number of hydrogen-bond acceptors (Lipinski definition) is 4. The molecule has 0 fully saturated rings. The molecule has 0 spiro atoms. The van der Waals surface area contributed by atoms with Crippen LogP contribution >= 0.6 is 35.3 Å². The van der Waals surface area contributed by atoms with Gasteiger partial charge in [0.2, 0.25) is 0 Å². The normalized spacial score (nSPS) is 12.2. The van der Waals surface area contributed by atoms with Crippen molar-refractivity contribution in [2.24, 2.45) is 4.99 Å². The van der Waals surface area contributed by atoms with Crippen molar-refractivity contribution in [2.45, 2.75) is 45.6 Å². The van der Waals surface area contributed by atoms with Crippen LogP contribution in [0.5, 0.6) is 0 Å². The van der Waals surface area contributed by atoms with Crippen LogP contribution in [0.25, 0.3) is 0 Å². The number of halogens is 4. The van der Waals surface area contributed by atoms with Gasteiger partial charge in [0.05, 0.1) is 6.54 Å². The van der Waals surface area contributed by atoms with Crippen molar-refractivity contribution in [3.05, 3.63) is 51.5 Å². The molecule has 3 N–H and O–H groups in total. The maximum absolute atomic E-state index is 12.6. The van der Waals surface area contributed by atoms with Crippen LogP contribution in [0.1, 0.15) is 47.4 Å². The van der Waals surface area contributed by atoms with Crippen molar-refractivity contribution in [1.82, 2.24) is 20.9 Å². The number of aliphatic imine (C=N–C) groups is 1. The third kappa shape index (κ3) is 8.46. The van der Waals surface area contributed by atoms with E-state index >= 15 is 0 Å². The second-order valence-electron chi connectivity index (χ2n) is 7.31. The fraction of sp³-hybridized carbons (Fsp3) is 0.421. The molecule has 30 heavy (non-hydrogen) atoms. The number of carbonyl (C=O) groups excluding carboxylic acids is 1. The number of guanidine groups is 1. The van der Waals surface area contributed by atoms with Crippen LogP contribution in [0.3, 0.4) is 0 Å². The van der Waals surface area contributed by atoms with Gasteiger partial charge in [-0.25, -0.2) is 4.98 Å². The van der Waals surface area contributed by atoms with E-state index in [1.165, 1.54) is 0 Å². The molecular weight excluding hydrogens is 530 g/mol. The second-order valence-corrected chi connectivity index (χ2v) is 8.25. The highest BCUT2D eigenvalue weighted by atomic mass is 127. The quantitative estimate of drug-likeness (QED) is 0.294. The molecule has 1 aromatic heterocycles. The molecule has 11 heteroatoms. The largest absolute Gasteiger partial charge is 0.434 e. The summed E-state index contributed by atoms with van der Waals surface area (Å²) in [5.41, 5.74) is 0.180. The Balaban J connectivity index is 0.00000450. The number of nitrogens with zero attached hydrogens (tertiary/aromatic N) is 2. The Bertz CT molecular complexity index is 878. The summed E-state index contributed by atoms with van der Waals surface area (Å²) in [6.45, 7) is 6.24. The third-order valence-corrected chi connectivity index (χ3v) is 4.46. The number of benzene rings is 1. The molecule has 0 radical (unpaired) electrons. The molecule has 1 amide bonds. The molecule has 2 aromatic rings. The lowest BCUT2D eigenvalue weighted by atomic mass is 10.1. The minimum absolute atomic E-state index is 0. The fourth-order valence-corrected chi connectivity index (χ4v) is 3.06. The number of rotatable bonds is 5. The van der Waals surface area contributed by atoms with E-state index in [9.17, 15) is 18.0 Å². The number of nitrogens with one attached hydrogen (secondary N) is 3. The van der Waals surface area contributed by atoms with E-state index in [0.717, 1.165) is 22.3 Å². The highest BCUT2D eigenvalue weighted by Gasteiger charge is 2.33. The van der Waals surface area contributed by atoms with Crippen LogP contribution in [-0.2, 0) is 19.3 Å². The van der Waals surface area contributed by atoms with Crippen molar-refractivity contribution in [2.75, 3.05) is 7.05 Å². The Labute approximate surface area is 194 Å². The molecule has 6 nitrogen and oxygen atoms in total. The highest BCUT2D eigenvalue weighted by molar-refractivity contribution is 14.0. The molecule has 0 saturated heterocycles. The Morgan fingerprint density at radius 3 is 2.40 bits per heavy atom. The average Bonchev–Trinajstić information content (AvgIpc) is 3.10. The standard InChI is InChI=1S/C19H24F3N5OS.HI/c1-18(2,3)27-16(28)13-7-5-6-12(8-13)9-24-17(23-4)25-10-15-26-14(11-29-15)19(20,21)22;/h5-8,11H,9-10H2,1-4H3,(H,27,28)(H2,23,24,25);1H. The van der Waals surface area contributed by atoms with E-state index in [-0.39, 0.29) is 42.0 Å². The van der Waals surface area contributed by atoms with Crippen LogP contribution < -0.4 is 16.0 Å². The first kappa shape index (κ1) is 26.1. The molecule has 0 aliphatic heterocycles. The monoisotopic (exact) mass is 555 g/mol. The van der Waals surface area contributed by atoms with Crippen molar-refractivity contribution in [3.8, 4) is 0 Å². The zero-order valence-electron chi connectivity index (χ0n) is 17.1. The lowest BCUT2D eigenvalue weighted by molar-refractivity contribution is -0.140. The summed E-state index contributed by atoms with van der Waals surface area (Å²) in [7, 11) is 1.56. The number of aromatic nitrogens is 1. The summed E-state index contributed by atoms with van der Waals surface area (Å²) >= 11 is 0.932. The summed E-state index contributed by atoms with van der Waals surface area (Å²) < 4.78 is 37.8. The van der Waals surface area contributed by atoms with E-state index in [4.69, 9.17) is 0 Å². The van der Waals surface area contributed by atoms with Crippen LogP contribution in [0.4, 0.5) is 13.2 Å². The highest BCUT2D eigenvalue weighted by Crippen LogP contribution is 2.29. The van der Waals surface area contributed by atoms with Gasteiger partial charge in [0.25, 0.3) is 5.91 Å². The van der Waals surface area contributed by atoms with Gasteiger partial charge in [-0.15, -0.1) is 35.3 Å². The van der Waals surface area contributed by atoms with Crippen molar-refractivity contribution in [3.63, 3.8) is 0 Å². The van der Waals surface area contributed by atoms with Crippen molar-refractivity contribution < 1.29 is 18.0 Å². The lowest BCUT2D eigenvalue weighted by Gasteiger charge is -2.20. The van der Waals surface area contributed by atoms with E-state index in [2.05, 4.69) is 25.9 Å². The molecule has 0 bridgehead atoms. The van der Waals surface area contributed by atoms with E-state index in [0.29, 0.717) is 23.1 Å². The lowest BCUT2D eigenvalue weighted by Crippen LogP contribution is -2.40. The topological polar surface area (TPSA) is 78.4 Å². The van der Waals surface area contributed by atoms with Gasteiger partial charge in [0, 0.05) is 30.1 Å². The van der Waals surface area contributed by atoms with Crippen LogP contribution in [0.2, 0.25) is 0 Å². The number of alkyl halides is 3. The van der Waals surface area contributed by atoms with Gasteiger partial charge in [-0.3, -0.25) is 9.79 Å². The summed E-state index contributed by atoms with van der Waals surface area (Å²) in [6.07, 6.45) is -4.45. The van der Waals surface area contributed by atoms with Crippen LogP contribution in [0, 0.1) is 0 Å². The number of thiazole rings is 1. The van der Waals surface area contributed by atoms with Gasteiger partial charge in [0.15, 0.2) is 11.7 Å². The van der Waals surface area contributed by atoms with Gasteiger partial charge in [0.1, 0.15) is 5.01 Å². The number of amides is 1. The van der Waals surface area contributed by atoms with Crippen LogP contribution in [-0.4, -0.2) is 29.4 Å². The van der Waals surface area contributed by atoms with Gasteiger partial charge in [-0.1, -0.05) is 12.1 Å². The minimum Gasteiger partial charge on any atom is -0.352 e. The van der Waals surface area contributed by atoms with Gasteiger partial charge >= 0.3 is 6.18 Å². The first-order chi connectivity index (χ1) is 13.5. The van der Waals surface area contributed by atoms with Gasteiger partial charge < -0.3 is 16.0 Å². The van der Waals surface area contributed by atoms with Crippen LogP contribution in [0.15, 0.2) is 34.6 Å². The summed E-state index contributed by atoms with van der Waals surface area (Å²) in [5, 5.41) is 10.2. The maximum Gasteiger partial charge on any atom is 0.434 e. The molecule has 0 atom stereocenters. The molecule has 1 aromatic carbocycles. The van der Waals surface area contributed by atoms with Crippen molar-refractivity contribution in [1.29, 1.82) is 0 Å². The molecule has 1 heterocycles. The minimum atomic E-state index is -4.45. The molecule has 166 valence electrons. The summed E-state index contributed by atoms with van der Waals surface area (Å²) in [4.78, 5) is 19.9. The first-order valence-electron chi connectivity index (χ1n) is 8.85. The predicted molar refractivity (Wildman–Crippen MR) is 123 cm³/mol. The zero-order valence-corrected chi connectivity index (χ0v) is 20.2. The first-order valence-corrected chi connectivity index (χ1v) is 9.73. The fourth-order valence-electron chi connectivity index (χ4n) is 2.32. The van der Waals surface area contributed by atoms with Crippen molar-refractivity contribution >= 4 is 47.2 Å². The summed E-state index contributed by atoms with van der Waals surface area (Å²) in [5.74, 6) is 0.254. The van der Waals surface area contributed by atoms with E-state index in [1.807, 2.05) is 26.8 Å². The smallest absolute Gasteiger partial charge is 0.352 e. The molecule has 2 rings (SSSR count). The summed E-state index contributed by atoms with van der Waals surface area (Å²) in [6, 6.07) is 7.17. The Morgan fingerprint density at radius 2 is 1.83 bits per heavy atom. The van der Waals surface area contributed by atoms with Gasteiger partial charge in [-0.05, 0) is 38.5 Å². The third-order valence-electron chi connectivity index (χ3n) is 3.61. The molecular formula is C19H25F3IN5OS. The Hall–Kier alpha value is -1.89. The molecule has 0 aliphatic rings. The number of carbonyl (C=O) groups is 1. The van der Waals surface area contributed by atoms with E-state index in [1.54, 1.807) is 25.2 Å². The number of hydrogen-bond donors (Lipinski definition) is 3. The molecule has 0 unspecified atom stereocenters. The molecule has 0 saturated carbocycles. The zero-order chi connectivity index (χ0) is 21.7. The van der Waals surface area contributed by atoms with Gasteiger partial charge in [-0.2, -0.15) is 13.2 Å². The molecule has 0 aliphatic carbocycles. The van der Waals surface area contributed by atoms with E-state index < -0.39 is 11.9 Å². The second kappa shape index (κ2) is 10.9. The predicted octanol–water partition coefficient (Wildman–Crippen LogP) is 4.17. The Morgan fingerprint density at radius 1 is 1.17 bits per heavy atom. The maximum atomic E-state index is 12.6. The SMILES string of the molecule is CN=C(NCc1cccc(C(=O)NC(C)(C)C)c1)NCc1nc(C(F)(F)F)cs1.I. The average molecular weight is 555 g/mol.